The number of ether oxygens (including phenoxy) is 3. The maximum absolute atomic E-state index is 13.5. The first kappa shape index (κ1) is 19.0. The number of piperazine rings is 1. The van der Waals surface area contributed by atoms with Gasteiger partial charge in [-0.3, -0.25) is 14.5 Å². The number of hydrogen-bond acceptors (Lipinski definition) is 5. The van der Waals surface area contributed by atoms with E-state index < -0.39 is 6.23 Å². The average molecular weight is 430 g/mol. The van der Waals surface area contributed by atoms with Crippen molar-refractivity contribution in [1.82, 2.24) is 9.80 Å². The predicted octanol–water partition coefficient (Wildman–Crippen LogP) is 3.38. The molecule has 7 heteroatoms. The summed E-state index contributed by atoms with van der Waals surface area (Å²) in [5.74, 6) is 1.40. The van der Waals surface area contributed by atoms with Gasteiger partial charge in [0.05, 0.1) is 0 Å². The monoisotopic (exact) mass is 430 g/mol. The summed E-state index contributed by atoms with van der Waals surface area (Å²) in [4.78, 5) is 29.9. The Kier molecular flexibility index (Phi) is 4.24. The van der Waals surface area contributed by atoms with Gasteiger partial charge in [-0.05, 0) is 42.2 Å². The van der Waals surface area contributed by atoms with Crippen LogP contribution in [0, 0.1) is 0 Å². The highest BCUT2D eigenvalue weighted by Crippen LogP contribution is 2.47. The number of fused-ring (bicyclic) bond motifs is 3. The van der Waals surface area contributed by atoms with Crippen molar-refractivity contribution in [2.75, 3.05) is 19.9 Å². The third-order valence-electron chi connectivity index (χ3n) is 6.26. The van der Waals surface area contributed by atoms with Gasteiger partial charge >= 0.3 is 0 Å². The number of carbonyl (C=O) groups excluding carboxylic acids is 2. The van der Waals surface area contributed by atoms with Gasteiger partial charge in [-0.15, -0.1) is 0 Å². The normalized spacial score (nSPS) is 21.0. The van der Waals surface area contributed by atoms with Crippen LogP contribution in [0.4, 0.5) is 0 Å². The van der Waals surface area contributed by atoms with Gasteiger partial charge in [0.15, 0.2) is 23.0 Å². The van der Waals surface area contributed by atoms with Crippen LogP contribution in [-0.4, -0.2) is 41.5 Å². The topological polar surface area (TPSA) is 68.3 Å². The van der Waals surface area contributed by atoms with E-state index in [1.807, 2.05) is 43.3 Å². The zero-order chi connectivity index (χ0) is 21.8. The van der Waals surface area contributed by atoms with Gasteiger partial charge in [0.1, 0.15) is 6.54 Å². The molecule has 1 fully saturated rings. The van der Waals surface area contributed by atoms with E-state index in [2.05, 4.69) is 12.1 Å². The molecule has 3 aliphatic heterocycles. The van der Waals surface area contributed by atoms with Crippen molar-refractivity contribution in [3.8, 4) is 11.5 Å². The van der Waals surface area contributed by atoms with Crippen molar-refractivity contribution in [2.45, 2.75) is 26.0 Å². The molecule has 1 atom stereocenters. The van der Waals surface area contributed by atoms with Crippen LogP contribution in [0.5, 0.6) is 11.5 Å². The van der Waals surface area contributed by atoms with Gasteiger partial charge in [0.25, 0.3) is 5.91 Å². The lowest BCUT2D eigenvalue weighted by Crippen LogP contribution is -2.51. The Morgan fingerprint density at radius 3 is 2.78 bits per heavy atom. The van der Waals surface area contributed by atoms with E-state index in [0.29, 0.717) is 29.5 Å². The molecule has 2 aromatic carbocycles. The number of nitrogens with zero attached hydrogens (tertiary/aromatic N) is 2. The van der Waals surface area contributed by atoms with E-state index in [0.717, 1.165) is 29.5 Å². The summed E-state index contributed by atoms with van der Waals surface area (Å²) in [6.45, 7) is 2.73. The minimum Gasteiger partial charge on any atom is -0.463 e. The molecule has 0 bridgehead atoms. The first-order chi connectivity index (χ1) is 15.7. The van der Waals surface area contributed by atoms with Gasteiger partial charge in [0.2, 0.25) is 18.9 Å². The third kappa shape index (κ3) is 2.74. The quantitative estimate of drug-likeness (QED) is 0.744. The molecule has 32 heavy (non-hydrogen) atoms. The summed E-state index contributed by atoms with van der Waals surface area (Å²) in [7, 11) is 0. The van der Waals surface area contributed by atoms with Crippen molar-refractivity contribution in [1.29, 1.82) is 0 Å². The minimum absolute atomic E-state index is 0.0451. The van der Waals surface area contributed by atoms with Crippen LogP contribution < -0.4 is 9.47 Å². The number of allylic oxidation sites excluding steroid dienone is 2. The Morgan fingerprint density at radius 2 is 1.91 bits per heavy atom. The molecule has 0 spiro atoms. The summed E-state index contributed by atoms with van der Waals surface area (Å²) in [6.07, 6.45) is 2.88. The third-order valence-corrected chi connectivity index (χ3v) is 6.26. The number of hydrogen-bond donors (Lipinski definition) is 0. The maximum atomic E-state index is 13.5. The highest BCUT2D eigenvalue weighted by molar-refractivity contribution is 6.06. The summed E-state index contributed by atoms with van der Waals surface area (Å²) in [6, 6.07) is 13.6. The zero-order valence-corrected chi connectivity index (χ0v) is 17.7. The number of benzene rings is 2. The van der Waals surface area contributed by atoms with Crippen molar-refractivity contribution in [3.05, 3.63) is 76.7 Å². The van der Waals surface area contributed by atoms with Gasteiger partial charge in [-0.25, -0.2) is 0 Å². The first-order valence-electron chi connectivity index (χ1n) is 10.9. The molecule has 0 N–H and O–H groups in total. The van der Waals surface area contributed by atoms with Crippen molar-refractivity contribution < 1.29 is 23.8 Å². The second-order valence-electron chi connectivity index (χ2n) is 8.23. The van der Waals surface area contributed by atoms with Gasteiger partial charge in [-0.1, -0.05) is 37.3 Å². The van der Waals surface area contributed by atoms with Crippen molar-refractivity contribution in [2.24, 2.45) is 0 Å². The van der Waals surface area contributed by atoms with Gasteiger partial charge in [-0.2, -0.15) is 0 Å². The van der Waals surface area contributed by atoms with Crippen LogP contribution in [0.25, 0.3) is 5.57 Å². The molecule has 0 aromatic heterocycles. The van der Waals surface area contributed by atoms with Crippen LogP contribution in [0.1, 0.15) is 36.3 Å². The molecule has 1 unspecified atom stereocenters. The smallest absolute Gasteiger partial charge is 0.275 e. The Balaban J connectivity index is 1.46. The molecule has 0 radical (unpaired) electrons. The fourth-order valence-corrected chi connectivity index (χ4v) is 4.79. The van der Waals surface area contributed by atoms with Crippen LogP contribution in [0.3, 0.4) is 0 Å². The molecular weight excluding hydrogens is 408 g/mol. The molecule has 6 rings (SSSR count). The van der Waals surface area contributed by atoms with E-state index in [-0.39, 0.29) is 25.2 Å². The Labute approximate surface area is 185 Å². The molecule has 2 amide bonds. The second-order valence-corrected chi connectivity index (χ2v) is 8.23. The SMILES string of the molecule is CCCN1CC(=O)N2C(=C(C3=CCc4ccccc43)OC2c2ccc3c(c2)OCO3)C1=O. The van der Waals surface area contributed by atoms with E-state index in [1.54, 1.807) is 4.90 Å². The molecule has 7 nitrogen and oxygen atoms in total. The van der Waals surface area contributed by atoms with Crippen LogP contribution in [0.2, 0.25) is 0 Å². The summed E-state index contributed by atoms with van der Waals surface area (Å²) in [5, 5.41) is 0. The van der Waals surface area contributed by atoms with Crippen molar-refractivity contribution >= 4 is 17.4 Å². The molecule has 4 aliphatic rings. The van der Waals surface area contributed by atoms with E-state index in [1.165, 1.54) is 10.5 Å². The average Bonchev–Trinajstić information content (AvgIpc) is 3.53. The minimum atomic E-state index is -0.733. The van der Waals surface area contributed by atoms with E-state index >= 15 is 0 Å². The Hall–Kier alpha value is -3.74. The highest BCUT2D eigenvalue weighted by atomic mass is 16.7. The van der Waals surface area contributed by atoms with Crippen LogP contribution in [0.15, 0.2) is 60.0 Å². The van der Waals surface area contributed by atoms with Crippen LogP contribution >= 0.6 is 0 Å². The van der Waals surface area contributed by atoms with Crippen LogP contribution in [-0.2, 0) is 20.7 Å². The highest BCUT2D eigenvalue weighted by Gasteiger charge is 2.48. The maximum Gasteiger partial charge on any atom is 0.275 e. The summed E-state index contributed by atoms with van der Waals surface area (Å²) in [5.41, 5.74) is 4.13. The molecule has 162 valence electrons. The molecule has 2 aromatic rings. The standard InChI is InChI=1S/C25H22N2O5/c1-2-11-26-13-21(28)27-22(24(26)29)23(18-9-7-15-5-3-4-6-17(15)18)32-25(27)16-8-10-19-20(12-16)31-14-30-19/h3-6,8-10,12,25H,2,7,11,13-14H2,1H3. The fraction of sp³-hybridized carbons (Fsp3) is 0.280. The number of rotatable bonds is 4. The number of carbonyl (C=O) groups is 2. The summed E-state index contributed by atoms with van der Waals surface area (Å²) < 4.78 is 17.4. The predicted molar refractivity (Wildman–Crippen MR) is 115 cm³/mol. The second kappa shape index (κ2) is 7.15. The van der Waals surface area contributed by atoms with Crippen molar-refractivity contribution in [3.63, 3.8) is 0 Å². The zero-order valence-electron chi connectivity index (χ0n) is 17.7. The van der Waals surface area contributed by atoms with E-state index in [4.69, 9.17) is 14.2 Å². The molecule has 1 saturated heterocycles. The lowest BCUT2D eigenvalue weighted by Gasteiger charge is -2.34. The molecule has 0 saturated carbocycles. The van der Waals surface area contributed by atoms with Gasteiger partial charge < -0.3 is 19.1 Å². The largest absolute Gasteiger partial charge is 0.463 e. The molecular formula is C25H22N2O5. The Bertz CT molecular complexity index is 1210. The Morgan fingerprint density at radius 1 is 1.06 bits per heavy atom. The number of amides is 2. The first-order valence-corrected chi connectivity index (χ1v) is 10.9. The molecule has 1 aliphatic carbocycles. The lowest BCUT2D eigenvalue weighted by molar-refractivity contribution is -0.149. The van der Waals surface area contributed by atoms with Gasteiger partial charge in [0, 0.05) is 17.7 Å². The lowest BCUT2D eigenvalue weighted by atomic mass is 10.0. The fourth-order valence-electron chi connectivity index (χ4n) is 4.79. The van der Waals surface area contributed by atoms with E-state index in [9.17, 15) is 9.59 Å². The summed E-state index contributed by atoms with van der Waals surface area (Å²) >= 11 is 0. The molecule has 3 heterocycles.